The number of hydrogen-bond acceptors (Lipinski definition) is 3. The van der Waals surface area contributed by atoms with Crippen LogP contribution in [-0.2, 0) is 18.9 Å². The number of aliphatic hydroxyl groups excluding tert-OH is 1. The van der Waals surface area contributed by atoms with E-state index in [9.17, 15) is 31.4 Å². The molecule has 0 saturated heterocycles. The number of benzene rings is 2. The smallest absolute Gasteiger partial charge is 0.416 e. The zero-order valence-corrected chi connectivity index (χ0v) is 14.2. The van der Waals surface area contributed by atoms with E-state index in [0.717, 1.165) is 0 Å². The Bertz CT molecular complexity index is 773. The van der Waals surface area contributed by atoms with Gasteiger partial charge in [-0.3, -0.25) is 0 Å². The highest BCUT2D eigenvalue weighted by Crippen LogP contribution is 2.38. The monoisotopic (exact) mass is 393 g/mol. The number of nitrogens with one attached hydrogen (secondary N) is 1. The minimum absolute atomic E-state index is 0.154. The molecular weight excluding hydrogens is 376 g/mol. The predicted octanol–water partition coefficient (Wildman–Crippen LogP) is 4.56. The van der Waals surface area contributed by atoms with Gasteiger partial charge in [0.2, 0.25) is 0 Å². The summed E-state index contributed by atoms with van der Waals surface area (Å²) in [6.45, 7) is -0.218. The maximum absolute atomic E-state index is 13.1. The third-order valence-electron chi connectivity index (χ3n) is 3.89. The molecule has 0 radical (unpaired) electrons. The van der Waals surface area contributed by atoms with Crippen molar-refractivity contribution in [3.8, 4) is 5.75 Å². The van der Waals surface area contributed by atoms with Crippen LogP contribution >= 0.6 is 0 Å². The number of para-hydroxylation sites is 1. The van der Waals surface area contributed by atoms with Crippen LogP contribution in [0.1, 0.15) is 28.4 Å². The average Bonchev–Trinajstić information content (AvgIpc) is 2.60. The van der Waals surface area contributed by atoms with E-state index in [2.05, 4.69) is 5.32 Å². The number of alkyl halides is 6. The third-order valence-corrected chi connectivity index (χ3v) is 3.89. The predicted molar refractivity (Wildman–Crippen MR) is 86.1 cm³/mol. The molecule has 0 aliphatic heterocycles. The van der Waals surface area contributed by atoms with Crippen LogP contribution in [0, 0.1) is 0 Å². The number of halogens is 6. The van der Waals surface area contributed by atoms with Crippen LogP contribution < -0.4 is 10.1 Å². The minimum Gasteiger partial charge on any atom is -0.496 e. The van der Waals surface area contributed by atoms with Gasteiger partial charge in [-0.15, -0.1) is 0 Å². The first-order valence-corrected chi connectivity index (χ1v) is 7.83. The lowest BCUT2D eigenvalue weighted by atomic mass is 9.98. The van der Waals surface area contributed by atoms with Gasteiger partial charge in [0, 0.05) is 18.7 Å². The first kappa shape index (κ1) is 21.0. The lowest BCUT2D eigenvalue weighted by molar-refractivity contribution is -0.142. The lowest BCUT2D eigenvalue weighted by Gasteiger charge is -2.20. The van der Waals surface area contributed by atoms with E-state index >= 15 is 0 Å². The SMILES string of the molecule is COc1ccccc1CNC[C@@H](O)c1cc(C(F)(F)F)ccc1C(F)(F)F. The molecule has 0 heterocycles. The van der Waals surface area contributed by atoms with Crippen LogP contribution in [0.25, 0.3) is 0 Å². The Labute approximate surface area is 151 Å². The van der Waals surface area contributed by atoms with Crippen molar-refractivity contribution in [2.75, 3.05) is 13.7 Å². The molecule has 0 amide bonds. The Morgan fingerprint density at radius 2 is 1.67 bits per heavy atom. The van der Waals surface area contributed by atoms with Gasteiger partial charge in [0.1, 0.15) is 5.75 Å². The quantitative estimate of drug-likeness (QED) is 0.708. The Balaban J connectivity index is 2.19. The standard InChI is InChI=1S/C18H17F6NO2/c1-27-16-5-3-2-4-11(16)9-25-10-15(26)13-8-12(17(19,20)21)6-7-14(13)18(22,23)24/h2-8,15,25-26H,9-10H2,1H3/t15-/m1/s1. The molecule has 2 N–H and O–H groups in total. The maximum atomic E-state index is 13.1. The summed E-state index contributed by atoms with van der Waals surface area (Å²) in [4.78, 5) is 0. The van der Waals surface area contributed by atoms with Crippen molar-refractivity contribution in [3.05, 3.63) is 64.7 Å². The summed E-state index contributed by atoms with van der Waals surface area (Å²) >= 11 is 0. The van der Waals surface area contributed by atoms with Gasteiger partial charge in [0.25, 0.3) is 0 Å². The summed E-state index contributed by atoms with van der Waals surface area (Å²) in [6, 6.07) is 7.87. The summed E-state index contributed by atoms with van der Waals surface area (Å²) in [5.41, 5.74) is -2.70. The summed E-state index contributed by atoms with van der Waals surface area (Å²) in [5, 5.41) is 12.8. The molecule has 0 unspecified atom stereocenters. The van der Waals surface area contributed by atoms with E-state index in [-0.39, 0.29) is 13.1 Å². The van der Waals surface area contributed by atoms with E-state index < -0.39 is 35.1 Å². The second-order valence-electron chi connectivity index (χ2n) is 5.76. The molecule has 0 bridgehead atoms. The molecule has 0 aliphatic rings. The molecule has 0 spiro atoms. The van der Waals surface area contributed by atoms with Crippen molar-refractivity contribution in [3.63, 3.8) is 0 Å². The molecule has 148 valence electrons. The van der Waals surface area contributed by atoms with Crippen molar-refractivity contribution in [2.24, 2.45) is 0 Å². The van der Waals surface area contributed by atoms with Crippen LogP contribution in [0.2, 0.25) is 0 Å². The Morgan fingerprint density at radius 3 is 2.26 bits per heavy atom. The van der Waals surface area contributed by atoms with Crippen LogP contribution in [0.4, 0.5) is 26.3 Å². The van der Waals surface area contributed by atoms with E-state index in [0.29, 0.717) is 29.5 Å². The van der Waals surface area contributed by atoms with Gasteiger partial charge in [-0.1, -0.05) is 18.2 Å². The normalized spacial score (nSPS) is 13.5. The molecule has 2 aromatic rings. The Kier molecular flexibility index (Phi) is 6.38. The highest BCUT2D eigenvalue weighted by Gasteiger charge is 2.38. The molecule has 9 heteroatoms. The van der Waals surface area contributed by atoms with Crippen molar-refractivity contribution in [2.45, 2.75) is 25.0 Å². The van der Waals surface area contributed by atoms with Crippen molar-refractivity contribution in [1.29, 1.82) is 0 Å². The number of hydrogen-bond donors (Lipinski definition) is 2. The summed E-state index contributed by atoms with van der Waals surface area (Å²) < 4.78 is 82.9. The zero-order valence-electron chi connectivity index (χ0n) is 14.2. The largest absolute Gasteiger partial charge is 0.496 e. The average molecular weight is 393 g/mol. The van der Waals surface area contributed by atoms with Gasteiger partial charge in [0.15, 0.2) is 0 Å². The fourth-order valence-corrected chi connectivity index (χ4v) is 2.58. The van der Waals surface area contributed by atoms with Crippen molar-refractivity contribution in [1.82, 2.24) is 5.32 Å². The second-order valence-corrected chi connectivity index (χ2v) is 5.76. The van der Waals surface area contributed by atoms with E-state index in [1.165, 1.54) is 7.11 Å². The summed E-state index contributed by atoms with van der Waals surface area (Å²) in [7, 11) is 1.45. The van der Waals surface area contributed by atoms with E-state index in [1.54, 1.807) is 24.3 Å². The molecule has 1 atom stereocenters. The van der Waals surface area contributed by atoms with E-state index in [1.807, 2.05) is 0 Å². The van der Waals surface area contributed by atoms with Gasteiger partial charge in [0.05, 0.1) is 24.3 Å². The highest BCUT2D eigenvalue weighted by atomic mass is 19.4. The fourth-order valence-electron chi connectivity index (χ4n) is 2.58. The molecule has 2 rings (SSSR count). The maximum Gasteiger partial charge on any atom is 0.416 e. The number of aliphatic hydroxyl groups is 1. The molecule has 0 saturated carbocycles. The van der Waals surface area contributed by atoms with Gasteiger partial charge in [-0.2, -0.15) is 26.3 Å². The molecule has 0 aromatic heterocycles. The van der Waals surface area contributed by atoms with Crippen LogP contribution in [-0.4, -0.2) is 18.8 Å². The topological polar surface area (TPSA) is 41.5 Å². The molecule has 2 aromatic carbocycles. The first-order chi connectivity index (χ1) is 12.5. The Morgan fingerprint density at radius 1 is 1.00 bits per heavy atom. The van der Waals surface area contributed by atoms with E-state index in [4.69, 9.17) is 4.74 Å². The van der Waals surface area contributed by atoms with Crippen LogP contribution in [0.5, 0.6) is 5.75 Å². The van der Waals surface area contributed by atoms with Crippen LogP contribution in [0.15, 0.2) is 42.5 Å². The second kappa shape index (κ2) is 8.18. The minimum atomic E-state index is -4.89. The fraction of sp³-hybridized carbons (Fsp3) is 0.333. The van der Waals surface area contributed by atoms with Gasteiger partial charge < -0.3 is 15.2 Å². The molecule has 27 heavy (non-hydrogen) atoms. The Hall–Kier alpha value is -2.26. The van der Waals surface area contributed by atoms with Crippen molar-refractivity contribution >= 4 is 0 Å². The zero-order chi connectivity index (χ0) is 20.2. The highest BCUT2D eigenvalue weighted by molar-refractivity contribution is 5.37. The summed E-state index contributed by atoms with van der Waals surface area (Å²) in [6.07, 6.45) is -11.5. The van der Waals surface area contributed by atoms with Gasteiger partial charge in [-0.25, -0.2) is 0 Å². The lowest BCUT2D eigenvalue weighted by Crippen LogP contribution is -2.24. The summed E-state index contributed by atoms with van der Waals surface area (Å²) in [5.74, 6) is 0.537. The third kappa shape index (κ3) is 5.36. The van der Waals surface area contributed by atoms with Crippen LogP contribution in [0.3, 0.4) is 0 Å². The molecule has 0 aliphatic carbocycles. The number of methoxy groups -OCH3 is 1. The molecular formula is C18H17F6NO2. The first-order valence-electron chi connectivity index (χ1n) is 7.83. The van der Waals surface area contributed by atoms with Gasteiger partial charge >= 0.3 is 12.4 Å². The number of ether oxygens (including phenoxy) is 1. The molecule has 3 nitrogen and oxygen atoms in total. The van der Waals surface area contributed by atoms with Crippen molar-refractivity contribution < 1.29 is 36.2 Å². The van der Waals surface area contributed by atoms with Gasteiger partial charge in [-0.05, 0) is 29.8 Å². The number of rotatable bonds is 6. The molecule has 0 fully saturated rings.